The molecule has 0 aromatic heterocycles. The summed E-state index contributed by atoms with van der Waals surface area (Å²) in [6, 6.07) is 6.57. The first-order valence-electron chi connectivity index (χ1n) is 10.6. The molecule has 1 atom stereocenters. The van der Waals surface area contributed by atoms with E-state index in [1.54, 1.807) is 0 Å². The lowest BCUT2D eigenvalue weighted by Gasteiger charge is -2.59. The summed E-state index contributed by atoms with van der Waals surface area (Å²) in [6.07, 6.45) is 11.9. The van der Waals surface area contributed by atoms with Crippen LogP contribution in [0.4, 0.5) is 0 Å². The highest BCUT2D eigenvalue weighted by molar-refractivity contribution is 5.78. The molecule has 0 spiro atoms. The van der Waals surface area contributed by atoms with E-state index in [2.05, 4.69) is 24.4 Å². The smallest absolute Gasteiger partial charge is 0.258 e. The van der Waals surface area contributed by atoms with Crippen LogP contribution in [0.2, 0.25) is 0 Å². The van der Waals surface area contributed by atoms with Gasteiger partial charge in [0.25, 0.3) is 5.91 Å². The lowest BCUT2D eigenvalue weighted by molar-refractivity contribution is -0.127. The number of hydrogen-bond donors (Lipinski definition) is 1. The lowest BCUT2D eigenvalue weighted by Crippen LogP contribution is -2.56. The fourth-order valence-electron chi connectivity index (χ4n) is 6.93. The summed E-state index contributed by atoms with van der Waals surface area (Å²) in [7, 11) is 0. The highest BCUT2D eigenvalue weighted by Gasteiger charge is 2.53. The molecule has 0 unspecified atom stereocenters. The van der Waals surface area contributed by atoms with Gasteiger partial charge in [-0.15, -0.1) is 0 Å². The van der Waals surface area contributed by atoms with Crippen LogP contribution in [-0.2, 0) is 17.6 Å². The fraction of sp³-hybridized carbons (Fsp3) is 0.696. The van der Waals surface area contributed by atoms with E-state index in [1.165, 1.54) is 62.5 Å². The van der Waals surface area contributed by atoms with Crippen molar-refractivity contribution in [3.05, 3.63) is 29.3 Å². The maximum absolute atomic E-state index is 12.5. The van der Waals surface area contributed by atoms with Crippen LogP contribution in [0.3, 0.4) is 0 Å². The Bertz CT molecular complexity index is 675. The average Bonchev–Trinajstić information content (AvgIpc) is 3.06. The minimum absolute atomic E-state index is 0.0359. The molecule has 3 nitrogen and oxygen atoms in total. The van der Waals surface area contributed by atoms with Crippen molar-refractivity contribution in [2.75, 3.05) is 6.61 Å². The summed E-state index contributed by atoms with van der Waals surface area (Å²) in [5.74, 6) is 3.63. The van der Waals surface area contributed by atoms with Gasteiger partial charge >= 0.3 is 0 Å². The molecule has 0 radical (unpaired) electrons. The molecule has 6 rings (SSSR count). The van der Waals surface area contributed by atoms with Gasteiger partial charge in [0.1, 0.15) is 5.75 Å². The minimum Gasteiger partial charge on any atom is -0.484 e. The molecule has 0 aliphatic heterocycles. The quantitative estimate of drug-likeness (QED) is 0.858. The maximum Gasteiger partial charge on any atom is 0.258 e. The van der Waals surface area contributed by atoms with Crippen LogP contribution in [0.25, 0.3) is 0 Å². The van der Waals surface area contributed by atoms with E-state index in [-0.39, 0.29) is 18.6 Å². The van der Waals surface area contributed by atoms with E-state index in [1.807, 2.05) is 6.07 Å². The lowest BCUT2D eigenvalue weighted by atomic mass is 9.48. The second-order valence-electron chi connectivity index (χ2n) is 9.64. The van der Waals surface area contributed by atoms with Crippen LogP contribution >= 0.6 is 0 Å². The van der Waals surface area contributed by atoms with Gasteiger partial charge in [-0.3, -0.25) is 4.79 Å². The summed E-state index contributed by atoms with van der Waals surface area (Å²) in [4.78, 5) is 12.5. The van der Waals surface area contributed by atoms with Crippen LogP contribution in [0.15, 0.2) is 18.2 Å². The maximum atomic E-state index is 12.5. The van der Waals surface area contributed by atoms with Crippen molar-refractivity contribution in [2.24, 2.45) is 23.2 Å². The second-order valence-corrected chi connectivity index (χ2v) is 9.64. The Morgan fingerprint density at radius 1 is 1.12 bits per heavy atom. The summed E-state index contributed by atoms with van der Waals surface area (Å²) < 4.78 is 5.80. The Hall–Kier alpha value is -1.51. The van der Waals surface area contributed by atoms with Crippen LogP contribution in [0.1, 0.15) is 63.0 Å². The molecule has 3 heteroatoms. The third-order valence-electron chi connectivity index (χ3n) is 7.82. The van der Waals surface area contributed by atoms with E-state index < -0.39 is 0 Å². The van der Waals surface area contributed by atoms with E-state index in [9.17, 15) is 4.79 Å². The van der Waals surface area contributed by atoms with E-state index in [0.29, 0.717) is 5.41 Å². The van der Waals surface area contributed by atoms with Gasteiger partial charge in [0.15, 0.2) is 6.61 Å². The molecule has 140 valence electrons. The van der Waals surface area contributed by atoms with Crippen LogP contribution in [0.5, 0.6) is 5.75 Å². The number of carbonyl (C=O) groups is 1. The van der Waals surface area contributed by atoms with Gasteiger partial charge in [0, 0.05) is 6.04 Å². The number of fused-ring (bicyclic) bond motifs is 1. The molecule has 1 aromatic carbocycles. The first-order chi connectivity index (χ1) is 12.6. The standard InChI is InChI=1S/C23H31NO2/c1-15(23-11-16-7-17(12-23)9-18(8-16)13-23)24-22(25)14-26-21-6-5-19-3-2-4-20(19)10-21/h5-6,10,15-18H,2-4,7-9,11-14H2,1H3,(H,24,25)/t15-,16?,17?,18?,23?/m0/s1. The number of rotatable bonds is 5. The molecule has 0 saturated heterocycles. The topological polar surface area (TPSA) is 38.3 Å². The van der Waals surface area contributed by atoms with Gasteiger partial charge < -0.3 is 10.1 Å². The van der Waals surface area contributed by atoms with Crippen molar-refractivity contribution in [3.63, 3.8) is 0 Å². The van der Waals surface area contributed by atoms with Crippen molar-refractivity contribution in [1.29, 1.82) is 0 Å². The summed E-state index contributed by atoms with van der Waals surface area (Å²) in [5.41, 5.74) is 3.19. The minimum atomic E-state index is 0.0359. The predicted molar refractivity (Wildman–Crippen MR) is 102 cm³/mol. The van der Waals surface area contributed by atoms with E-state index in [4.69, 9.17) is 4.74 Å². The molecule has 4 fully saturated rings. The second kappa shape index (κ2) is 6.28. The molecule has 4 saturated carbocycles. The number of carbonyl (C=O) groups excluding carboxylic acids is 1. The fourth-order valence-corrected chi connectivity index (χ4v) is 6.93. The van der Waals surface area contributed by atoms with Gasteiger partial charge in [0.05, 0.1) is 0 Å². The Kier molecular flexibility index (Phi) is 4.02. The van der Waals surface area contributed by atoms with Crippen LogP contribution < -0.4 is 10.1 Å². The third kappa shape index (κ3) is 2.93. The SMILES string of the molecule is C[C@H](NC(=O)COc1ccc2c(c1)CCC2)C12CC3CC(CC(C3)C1)C2. The number of aryl methyl sites for hydroxylation is 2. The van der Waals surface area contributed by atoms with E-state index in [0.717, 1.165) is 29.9 Å². The molecule has 5 aliphatic carbocycles. The number of amides is 1. The first-order valence-corrected chi connectivity index (χ1v) is 10.6. The Labute approximate surface area is 156 Å². The van der Waals surface area contributed by atoms with Crippen LogP contribution in [-0.4, -0.2) is 18.6 Å². The Morgan fingerprint density at radius 3 is 2.46 bits per heavy atom. The zero-order chi connectivity index (χ0) is 17.7. The monoisotopic (exact) mass is 353 g/mol. The zero-order valence-corrected chi connectivity index (χ0v) is 15.9. The first kappa shape index (κ1) is 16.6. The Morgan fingerprint density at radius 2 is 1.77 bits per heavy atom. The molecule has 26 heavy (non-hydrogen) atoms. The number of nitrogens with one attached hydrogen (secondary N) is 1. The zero-order valence-electron chi connectivity index (χ0n) is 15.9. The normalized spacial score (nSPS) is 35.2. The summed E-state index contributed by atoms with van der Waals surface area (Å²) in [5, 5.41) is 3.30. The van der Waals surface area contributed by atoms with Crippen molar-refractivity contribution in [3.8, 4) is 5.75 Å². The number of hydrogen-bond acceptors (Lipinski definition) is 2. The van der Waals surface area contributed by atoms with Gasteiger partial charge in [-0.25, -0.2) is 0 Å². The number of benzene rings is 1. The molecule has 1 aromatic rings. The van der Waals surface area contributed by atoms with Gasteiger partial charge in [-0.1, -0.05) is 6.07 Å². The van der Waals surface area contributed by atoms with Crippen molar-refractivity contribution >= 4 is 5.91 Å². The summed E-state index contributed by atoms with van der Waals surface area (Å²) >= 11 is 0. The molecule has 1 amide bonds. The highest BCUT2D eigenvalue weighted by Crippen LogP contribution is 2.61. The van der Waals surface area contributed by atoms with Gasteiger partial charge in [-0.2, -0.15) is 0 Å². The van der Waals surface area contributed by atoms with Crippen LogP contribution in [0, 0.1) is 23.2 Å². The summed E-state index contributed by atoms with van der Waals surface area (Å²) in [6.45, 7) is 2.37. The average molecular weight is 354 g/mol. The highest BCUT2D eigenvalue weighted by atomic mass is 16.5. The van der Waals surface area contributed by atoms with Gasteiger partial charge in [-0.05, 0) is 111 Å². The Balaban J connectivity index is 1.18. The molecular weight excluding hydrogens is 322 g/mol. The third-order valence-corrected chi connectivity index (χ3v) is 7.82. The van der Waals surface area contributed by atoms with E-state index >= 15 is 0 Å². The van der Waals surface area contributed by atoms with Crippen molar-refractivity contribution in [1.82, 2.24) is 5.32 Å². The molecular formula is C23H31NO2. The molecule has 0 heterocycles. The molecule has 1 N–H and O–H groups in total. The van der Waals surface area contributed by atoms with Crippen molar-refractivity contribution in [2.45, 2.75) is 70.8 Å². The number of ether oxygens (including phenoxy) is 1. The van der Waals surface area contributed by atoms with Crippen molar-refractivity contribution < 1.29 is 9.53 Å². The largest absolute Gasteiger partial charge is 0.484 e. The van der Waals surface area contributed by atoms with Gasteiger partial charge in [0.2, 0.25) is 0 Å². The predicted octanol–water partition coefficient (Wildman–Crippen LogP) is 4.28. The molecule has 4 bridgehead atoms. The molecule has 5 aliphatic rings.